The molecule has 0 atom stereocenters. The van der Waals surface area contributed by atoms with Crippen LogP contribution in [0.2, 0.25) is 0 Å². The summed E-state index contributed by atoms with van der Waals surface area (Å²) in [5.74, 6) is 2.45. The summed E-state index contributed by atoms with van der Waals surface area (Å²) in [7, 11) is 0. The van der Waals surface area contributed by atoms with Crippen molar-refractivity contribution < 1.29 is 4.74 Å². The maximum atomic E-state index is 6.32. The first-order valence-corrected chi connectivity index (χ1v) is 11.0. The molecule has 2 heteroatoms. The van der Waals surface area contributed by atoms with Crippen molar-refractivity contribution in [2.45, 2.75) is 52.9 Å². The molecule has 0 saturated heterocycles. The van der Waals surface area contributed by atoms with Crippen molar-refractivity contribution in [3.05, 3.63) is 77.4 Å². The topological polar surface area (TPSA) is 12.5 Å². The lowest BCUT2D eigenvalue weighted by molar-refractivity contribution is 0.457. The maximum Gasteiger partial charge on any atom is 0.151 e. The van der Waals surface area contributed by atoms with Gasteiger partial charge in [0.25, 0.3) is 0 Å². The molecule has 3 aliphatic rings. The number of hydrogen-bond donors (Lipinski definition) is 0. The Kier molecular flexibility index (Phi) is 3.19. The Morgan fingerprint density at radius 1 is 0.700 bits per heavy atom. The molecule has 6 rings (SSSR count). The predicted molar refractivity (Wildman–Crippen MR) is 124 cm³/mol. The van der Waals surface area contributed by atoms with Gasteiger partial charge in [-0.05, 0) is 57.7 Å². The summed E-state index contributed by atoms with van der Waals surface area (Å²) in [6.45, 7) is 14.3. The predicted octanol–water partition coefficient (Wildman–Crippen LogP) is 8.05. The molecule has 0 amide bonds. The fourth-order valence-corrected chi connectivity index (χ4v) is 6.16. The SMILES string of the molecule is CC1(C)c2cc(C3C(C)(C)C3(C)C)ccc2N2c3ccccc3Oc3cccc1c32. The second-order valence-corrected chi connectivity index (χ2v) is 10.8. The average Bonchev–Trinajstić information content (AvgIpc) is 3.12. The quantitative estimate of drug-likeness (QED) is 0.323. The van der Waals surface area contributed by atoms with Crippen LogP contribution in [0.25, 0.3) is 0 Å². The van der Waals surface area contributed by atoms with Gasteiger partial charge >= 0.3 is 0 Å². The number of anilines is 3. The third-order valence-electron chi connectivity index (χ3n) is 8.51. The first kappa shape index (κ1) is 18.1. The van der Waals surface area contributed by atoms with E-state index in [1.165, 1.54) is 28.1 Å². The minimum atomic E-state index is -0.0913. The van der Waals surface area contributed by atoms with E-state index in [1.807, 2.05) is 6.07 Å². The van der Waals surface area contributed by atoms with E-state index in [-0.39, 0.29) is 5.41 Å². The summed E-state index contributed by atoms with van der Waals surface area (Å²) >= 11 is 0. The van der Waals surface area contributed by atoms with Gasteiger partial charge in [0.2, 0.25) is 0 Å². The summed E-state index contributed by atoms with van der Waals surface area (Å²) < 4.78 is 6.32. The molecule has 1 saturated carbocycles. The lowest BCUT2D eigenvalue weighted by atomic mass is 9.72. The Morgan fingerprint density at radius 3 is 2.13 bits per heavy atom. The highest BCUT2D eigenvalue weighted by atomic mass is 16.5. The summed E-state index contributed by atoms with van der Waals surface area (Å²) in [6, 6.07) is 22.1. The second kappa shape index (κ2) is 5.29. The fraction of sp³-hybridized carbons (Fsp3) is 0.357. The first-order chi connectivity index (χ1) is 14.2. The van der Waals surface area contributed by atoms with E-state index in [0.717, 1.165) is 17.2 Å². The smallest absolute Gasteiger partial charge is 0.151 e. The molecule has 0 bridgehead atoms. The van der Waals surface area contributed by atoms with Gasteiger partial charge in [-0.25, -0.2) is 0 Å². The van der Waals surface area contributed by atoms with E-state index in [9.17, 15) is 0 Å². The van der Waals surface area contributed by atoms with Gasteiger partial charge < -0.3 is 9.64 Å². The normalized spacial score (nSPS) is 21.2. The van der Waals surface area contributed by atoms with Crippen molar-refractivity contribution in [3.8, 4) is 11.5 Å². The van der Waals surface area contributed by atoms with Crippen molar-refractivity contribution in [3.63, 3.8) is 0 Å². The molecule has 2 heterocycles. The third-order valence-corrected chi connectivity index (χ3v) is 8.51. The minimum absolute atomic E-state index is 0.0913. The van der Waals surface area contributed by atoms with Crippen LogP contribution in [0.5, 0.6) is 11.5 Å². The van der Waals surface area contributed by atoms with Crippen LogP contribution in [-0.2, 0) is 5.41 Å². The van der Waals surface area contributed by atoms with Crippen LogP contribution in [0.15, 0.2) is 60.7 Å². The van der Waals surface area contributed by atoms with E-state index >= 15 is 0 Å². The monoisotopic (exact) mass is 395 g/mol. The van der Waals surface area contributed by atoms with Crippen molar-refractivity contribution in [1.82, 2.24) is 0 Å². The van der Waals surface area contributed by atoms with E-state index in [2.05, 4.69) is 101 Å². The lowest BCUT2D eigenvalue weighted by Crippen LogP contribution is -2.32. The molecule has 0 N–H and O–H groups in total. The molecule has 0 aromatic heterocycles. The molecular formula is C28H29NO. The molecule has 30 heavy (non-hydrogen) atoms. The minimum Gasteiger partial charge on any atom is -0.453 e. The van der Waals surface area contributed by atoms with Gasteiger partial charge in [-0.15, -0.1) is 0 Å². The molecule has 152 valence electrons. The summed E-state index contributed by atoms with van der Waals surface area (Å²) in [5.41, 5.74) is 8.35. The van der Waals surface area contributed by atoms with Crippen molar-refractivity contribution >= 4 is 17.1 Å². The van der Waals surface area contributed by atoms with Crippen LogP contribution >= 0.6 is 0 Å². The Hall–Kier alpha value is -2.74. The summed E-state index contributed by atoms with van der Waals surface area (Å²) in [4.78, 5) is 2.41. The van der Waals surface area contributed by atoms with E-state index in [1.54, 1.807) is 0 Å². The number of para-hydroxylation sites is 3. The van der Waals surface area contributed by atoms with Gasteiger partial charge in [0, 0.05) is 5.41 Å². The first-order valence-electron chi connectivity index (χ1n) is 11.0. The molecule has 3 aromatic rings. The zero-order valence-electron chi connectivity index (χ0n) is 18.7. The lowest BCUT2D eigenvalue weighted by Gasteiger charge is -2.45. The molecular weight excluding hydrogens is 366 g/mol. The van der Waals surface area contributed by atoms with Crippen LogP contribution in [0.4, 0.5) is 17.1 Å². The van der Waals surface area contributed by atoms with Crippen LogP contribution in [0.3, 0.4) is 0 Å². The second-order valence-electron chi connectivity index (χ2n) is 10.8. The maximum absolute atomic E-state index is 6.32. The number of nitrogens with zero attached hydrogens (tertiary/aromatic N) is 1. The molecule has 0 unspecified atom stereocenters. The Balaban J connectivity index is 1.61. The van der Waals surface area contributed by atoms with E-state index in [4.69, 9.17) is 4.74 Å². The largest absolute Gasteiger partial charge is 0.453 e. The molecule has 0 radical (unpaired) electrons. The highest BCUT2D eigenvalue weighted by Gasteiger charge is 2.65. The van der Waals surface area contributed by atoms with Gasteiger partial charge in [-0.3, -0.25) is 0 Å². The van der Waals surface area contributed by atoms with Gasteiger partial charge in [-0.2, -0.15) is 0 Å². The molecule has 1 aliphatic carbocycles. The van der Waals surface area contributed by atoms with Gasteiger partial charge in [0.05, 0.1) is 17.1 Å². The number of rotatable bonds is 1. The van der Waals surface area contributed by atoms with Crippen LogP contribution in [0, 0.1) is 10.8 Å². The van der Waals surface area contributed by atoms with Crippen molar-refractivity contribution in [1.29, 1.82) is 0 Å². The van der Waals surface area contributed by atoms with Crippen LogP contribution in [-0.4, -0.2) is 0 Å². The third kappa shape index (κ3) is 2.00. The number of ether oxygens (including phenoxy) is 1. The van der Waals surface area contributed by atoms with Gasteiger partial charge in [-0.1, -0.05) is 77.9 Å². The number of hydrogen-bond acceptors (Lipinski definition) is 2. The Morgan fingerprint density at radius 2 is 1.40 bits per heavy atom. The van der Waals surface area contributed by atoms with Crippen molar-refractivity contribution in [2.75, 3.05) is 4.90 Å². The summed E-state index contributed by atoms with van der Waals surface area (Å²) in [6.07, 6.45) is 0. The van der Waals surface area contributed by atoms with E-state index < -0.39 is 0 Å². The average molecular weight is 396 g/mol. The molecule has 1 fully saturated rings. The zero-order chi connectivity index (χ0) is 21.1. The summed E-state index contributed by atoms with van der Waals surface area (Å²) in [5, 5.41) is 0. The van der Waals surface area contributed by atoms with Crippen LogP contribution < -0.4 is 9.64 Å². The Bertz CT molecular complexity index is 1200. The fourth-order valence-electron chi connectivity index (χ4n) is 6.16. The highest BCUT2D eigenvalue weighted by Crippen LogP contribution is 2.74. The van der Waals surface area contributed by atoms with Crippen molar-refractivity contribution in [2.24, 2.45) is 10.8 Å². The van der Waals surface area contributed by atoms with Gasteiger partial charge in [0.15, 0.2) is 11.5 Å². The molecule has 2 aliphatic heterocycles. The number of fused-ring (bicyclic) bond motifs is 4. The molecule has 2 nitrogen and oxygen atoms in total. The molecule has 0 spiro atoms. The van der Waals surface area contributed by atoms with Crippen LogP contribution in [0.1, 0.15) is 64.2 Å². The Labute approximate surface area is 179 Å². The number of benzene rings is 3. The zero-order valence-corrected chi connectivity index (χ0v) is 18.7. The highest BCUT2D eigenvalue weighted by molar-refractivity contribution is 5.93. The standard InChI is InChI=1S/C28H29NO/c1-26(2)18-10-9-13-23-24(18)29(21-11-7-8-12-22(21)30-23)20-15-14-17(16-19(20)26)25-27(3,4)28(25,5)6/h7-16,25H,1-6H3. The molecule has 3 aromatic carbocycles. The van der Waals surface area contributed by atoms with Gasteiger partial charge in [0.1, 0.15) is 0 Å². The van der Waals surface area contributed by atoms with E-state index in [0.29, 0.717) is 16.7 Å².